The van der Waals surface area contributed by atoms with Crippen LogP contribution in [-0.2, 0) is 0 Å². The Morgan fingerprint density at radius 1 is 0.480 bits per heavy atom. The van der Waals surface area contributed by atoms with Gasteiger partial charge in [0.15, 0.2) is 10.9 Å². The van der Waals surface area contributed by atoms with Crippen molar-refractivity contribution < 1.29 is 267 Å². The van der Waals surface area contributed by atoms with Crippen LogP contribution in [0.15, 0.2) is 242 Å². The summed E-state index contributed by atoms with van der Waals surface area (Å²) in [5, 5.41) is 51.5. The maximum atomic E-state index is 18.7. The van der Waals surface area contributed by atoms with Gasteiger partial charge in [0, 0.05) is 107 Å². The number of allylic oxidation sites excluding steroid dienone is 1. The van der Waals surface area contributed by atoms with Crippen molar-refractivity contribution in [3.05, 3.63) is 283 Å². The van der Waals surface area contributed by atoms with E-state index in [0.29, 0.717) is 100 Å². The van der Waals surface area contributed by atoms with Crippen molar-refractivity contribution in [2.24, 2.45) is 4.99 Å². The number of fused-ring (bicyclic) bond motifs is 6. The molecule has 15 nitrogen and oxygen atoms in total. The van der Waals surface area contributed by atoms with Gasteiger partial charge in [0.05, 0.1) is 26.2 Å². The number of hydrogen-bond donors (Lipinski definition) is 0. The van der Waals surface area contributed by atoms with Gasteiger partial charge in [0.1, 0.15) is 39.9 Å². The van der Waals surface area contributed by atoms with Crippen LogP contribution < -0.4 is 246 Å². The van der Waals surface area contributed by atoms with Crippen LogP contribution in [0.5, 0.6) is 23.0 Å². The Bertz CT molecular complexity index is 5810. The molecule has 462 valence electrons. The molecule has 4 aliphatic heterocycles. The van der Waals surface area contributed by atoms with Gasteiger partial charge in [-0.3, -0.25) is 9.59 Å². The summed E-state index contributed by atoms with van der Waals surface area (Å²) in [6.45, 7) is -4.82. The molecule has 0 bridgehead atoms. The first kappa shape index (κ1) is 74.4. The number of aromatic carboxylic acids is 2. The number of benzene rings is 10. The van der Waals surface area contributed by atoms with E-state index in [1.165, 1.54) is 99.1 Å². The van der Waals surface area contributed by atoms with Gasteiger partial charge in [-0.2, -0.15) is 0 Å². The molecule has 1 aromatic heterocycles. The SMILES string of the molecule is COc1ccc(C2=CC3=Nc4c(-c5ccc(OC)cc5)cc(-c5ccc(C#Cc6ccc(-c7c8ccc(=O)cc-8oc8cc([O-])ccc78)c(C(=O)[O-])c6)cc5)n4[B-](F)(F)[N+]3=C2c2ccc(C#Cc3ccc(-c4c5ccc(=O)cc-5oc5cc([O-])ccc45)c(C(=O)[O-])c3)cc2)cc1.[K+].[K+].[K+].[K+]. The smallest absolute Gasteiger partial charge is 0.872 e. The number of carbonyl (C=O) groups excluding carboxylic acids is 2. The number of amidine groups is 1. The second-order valence-electron chi connectivity index (χ2n) is 22.8. The number of nitrogens with zero attached hydrogens (tertiary/aromatic N) is 3. The van der Waals surface area contributed by atoms with E-state index < -0.39 is 18.9 Å². The third kappa shape index (κ3) is 14.1. The van der Waals surface area contributed by atoms with Gasteiger partial charge >= 0.3 is 213 Å². The van der Waals surface area contributed by atoms with E-state index in [2.05, 4.69) is 23.7 Å². The first-order valence-corrected chi connectivity index (χ1v) is 29.8. The van der Waals surface area contributed by atoms with E-state index in [1.807, 2.05) is 0 Å². The van der Waals surface area contributed by atoms with Gasteiger partial charge in [0.2, 0.25) is 5.82 Å². The average Bonchev–Trinajstić information content (AvgIpc) is 1.53. The predicted octanol–water partition coefficient (Wildman–Crippen LogP) is -0.849. The van der Waals surface area contributed by atoms with Crippen LogP contribution >= 0.6 is 0 Å². The summed E-state index contributed by atoms with van der Waals surface area (Å²) in [7, 11) is 3.06. The summed E-state index contributed by atoms with van der Waals surface area (Å²) in [5.41, 5.74) is 6.12. The first-order chi connectivity index (χ1) is 46.5. The van der Waals surface area contributed by atoms with Crippen molar-refractivity contribution in [1.29, 1.82) is 0 Å². The molecule has 8 aromatic carbocycles. The van der Waals surface area contributed by atoms with E-state index in [4.69, 9.17) is 23.3 Å². The van der Waals surface area contributed by atoms with Crippen molar-refractivity contribution in [2.45, 2.75) is 0 Å². The normalized spacial score (nSPS) is 12.4. The van der Waals surface area contributed by atoms with Crippen LogP contribution in [0, 0.1) is 23.7 Å². The summed E-state index contributed by atoms with van der Waals surface area (Å²) < 4.78 is 62.1. The molecule has 0 amide bonds. The van der Waals surface area contributed by atoms with Crippen LogP contribution in [0.2, 0.25) is 0 Å². The third-order valence-corrected chi connectivity index (χ3v) is 17.1. The molecule has 22 heteroatoms. The maximum absolute atomic E-state index is 18.7. The number of hydrogen-bond acceptors (Lipinski definition) is 13. The molecule has 0 spiro atoms. The van der Waals surface area contributed by atoms with E-state index in [0.717, 1.165) is 8.96 Å². The number of aromatic nitrogens is 1. The maximum Gasteiger partial charge on any atom is 1.00 e. The van der Waals surface area contributed by atoms with Gasteiger partial charge in [-0.05, 0) is 160 Å². The number of aliphatic imine (C=N–C) groups is 1. The van der Waals surface area contributed by atoms with Crippen molar-refractivity contribution in [1.82, 2.24) is 4.48 Å². The van der Waals surface area contributed by atoms with Gasteiger partial charge in [-0.15, -0.1) is 11.5 Å². The number of carbonyl (C=O) groups is 2. The Morgan fingerprint density at radius 3 is 1.36 bits per heavy atom. The molecule has 5 heterocycles. The second kappa shape index (κ2) is 30.7. The first-order valence-electron chi connectivity index (χ1n) is 29.8. The average molecular weight is 1420 g/mol. The Kier molecular flexibility index (Phi) is 22.8. The molecule has 15 rings (SSSR count). The van der Waals surface area contributed by atoms with Crippen LogP contribution in [0.25, 0.3) is 94.8 Å². The Labute approximate surface area is 739 Å². The van der Waals surface area contributed by atoms with Gasteiger partial charge in [-0.1, -0.05) is 96.5 Å². The number of halogens is 2. The standard InChI is InChI=1S/C78H46BF2N3O12.4K/c1-93-55-25-17-47(18-26-55)63-42-72-82-76-64(48-19-27-56(94-2)28-20-48)41-67(49-13-7-43(8-14-49)3-5-45-11-29-57(65(35-45)77(89)90)73-59-31-21-51(85)37-68(59)95-69-38-52(86)22-32-60(69)73)83(76)79(80,81)84(72)75(63)50-15-9-44(10-16-50)4-6-46-12-30-58(66(36-46)78(91)92)74-61-33-23-53(87)39-70(61)96-71-40-54(88)24-34-62(71)74;;;;/h7-42,85,87H,1-2H3,(H,89,90)(H,91,92);;;;/q;4*+1/p-4. The summed E-state index contributed by atoms with van der Waals surface area (Å²) in [5.74, 6) is 9.96. The van der Waals surface area contributed by atoms with Gasteiger partial charge in [0.25, 0.3) is 5.84 Å². The number of methoxy groups -OCH3 is 2. The molecular formula is C78H42BF2K4N3O12. The largest absolute Gasteiger partial charge is 1.00 e. The van der Waals surface area contributed by atoms with Crippen LogP contribution in [0.3, 0.4) is 0 Å². The minimum absolute atomic E-state index is 0. The Morgan fingerprint density at radius 2 is 0.900 bits per heavy atom. The minimum Gasteiger partial charge on any atom is -0.872 e. The van der Waals surface area contributed by atoms with E-state index >= 15 is 8.63 Å². The summed E-state index contributed by atoms with van der Waals surface area (Å²) in [6, 6.07) is 54.9. The summed E-state index contributed by atoms with van der Waals surface area (Å²) in [4.78, 5) is 55.6. The monoisotopic (exact) mass is 1420 g/mol. The van der Waals surface area contributed by atoms with E-state index in [9.17, 15) is 39.6 Å². The number of ether oxygens (including phenoxy) is 2. The van der Waals surface area contributed by atoms with Crippen LogP contribution in [0.4, 0.5) is 14.4 Å². The Balaban J connectivity index is 0.00000252. The van der Waals surface area contributed by atoms with Crippen LogP contribution in [-0.4, -0.2) is 53.6 Å². The second-order valence-corrected chi connectivity index (χ2v) is 22.8. The van der Waals surface area contributed by atoms with Crippen molar-refractivity contribution in [3.8, 4) is 114 Å². The quantitative estimate of drug-likeness (QED) is 0.0928. The van der Waals surface area contributed by atoms with E-state index in [-0.39, 0.29) is 296 Å². The molecule has 6 aliphatic rings. The Hall–Kier alpha value is -6.77. The molecule has 0 atom stereocenters. The minimum atomic E-state index is -4.82. The number of rotatable bonds is 10. The molecule has 0 saturated heterocycles. The van der Waals surface area contributed by atoms with Crippen molar-refractivity contribution in [3.63, 3.8) is 0 Å². The van der Waals surface area contributed by atoms with Gasteiger partial charge < -0.3 is 65.9 Å². The molecule has 0 fully saturated rings. The number of carboxylic acid groups (broad SMARTS) is 2. The zero-order chi connectivity index (χ0) is 66.3. The topological polar surface area (TPSA) is 226 Å². The van der Waals surface area contributed by atoms with Crippen molar-refractivity contribution in [2.75, 3.05) is 14.2 Å². The van der Waals surface area contributed by atoms with Gasteiger partial charge in [-0.25, -0.2) is 0 Å². The number of carboxylic acids is 2. The molecule has 0 radical (unpaired) electrons. The predicted molar refractivity (Wildman–Crippen MR) is 353 cm³/mol. The fourth-order valence-corrected chi connectivity index (χ4v) is 12.6. The molecule has 100 heavy (non-hydrogen) atoms. The van der Waals surface area contributed by atoms with Crippen molar-refractivity contribution >= 4 is 63.8 Å². The molecule has 9 aromatic rings. The molecule has 0 unspecified atom stereocenters. The fraction of sp³-hybridized carbons (Fsp3) is 0.0256. The molecular weight excluding hydrogens is 1380 g/mol. The fourth-order valence-electron chi connectivity index (χ4n) is 12.6. The zero-order valence-corrected chi connectivity index (χ0v) is 66.9. The third-order valence-electron chi connectivity index (χ3n) is 17.1. The van der Waals surface area contributed by atoms with Crippen LogP contribution in [0.1, 0.15) is 54.1 Å². The molecule has 0 saturated carbocycles. The molecule has 0 N–H and O–H groups in total. The summed E-state index contributed by atoms with van der Waals surface area (Å²) in [6.07, 6.45) is 1.64. The summed E-state index contributed by atoms with van der Waals surface area (Å²) >= 11 is 0. The van der Waals surface area contributed by atoms with E-state index in [1.54, 1.807) is 133 Å². The zero-order valence-electron chi connectivity index (χ0n) is 54.4. The molecule has 2 aliphatic carbocycles.